The predicted molar refractivity (Wildman–Crippen MR) is 92.2 cm³/mol. The van der Waals surface area contributed by atoms with E-state index in [2.05, 4.69) is 10.4 Å². The lowest BCUT2D eigenvalue weighted by atomic mass is 9.98. The quantitative estimate of drug-likeness (QED) is 0.896. The lowest BCUT2D eigenvalue weighted by Crippen LogP contribution is -2.27. The molecule has 2 aromatic rings. The number of nitrogens with zero attached hydrogens (tertiary/aromatic N) is 2. The average molecular weight is 329 g/mol. The van der Waals surface area contributed by atoms with E-state index < -0.39 is 0 Å². The lowest BCUT2D eigenvalue weighted by molar-refractivity contribution is 0.0948. The van der Waals surface area contributed by atoms with Crippen molar-refractivity contribution >= 4 is 5.91 Å². The average Bonchev–Trinajstić information content (AvgIpc) is 3.22. The highest BCUT2D eigenvalue weighted by molar-refractivity contribution is 5.97. The third-order valence-electron chi connectivity index (χ3n) is 4.23. The van der Waals surface area contributed by atoms with E-state index in [1.165, 1.54) is 12.1 Å². The maximum atomic E-state index is 13.7. The van der Waals surface area contributed by atoms with E-state index >= 15 is 0 Å². The molecule has 1 aliphatic carbocycles. The van der Waals surface area contributed by atoms with Gasteiger partial charge in [-0.25, -0.2) is 9.07 Å². The van der Waals surface area contributed by atoms with Gasteiger partial charge in [0, 0.05) is 6.04 Å². The molecule has 1 saturated carbocycles. The van der Waals surface area contributed by atoms with E-state index in [0.29, 0.717) is 11.3 Å². The molecule has 0 aliphatic heterocycles. The van der Waals surface area contributed by atoms with Crippen molar-refractivity contribution in [3.8, 4) is 5.69 Å². The number of amides is 1. The van der Waals surface area contributed by atoms with Gasteiger partial charge in [-0.1, -0.05) is 33.8 Å². The van der Waals surface area contributed by atoms with Crippen LogP contribution in [0.15, 0.2) is 24.3 Å². The molecule has 1 aliphatic rings. The smallest absolute Gasteiger partial charge is 0.255 e. The molecule has 0 unspecified atom stereocenters. The van der Waals surface area contributed by atoms with Crippen molar-refractivity contribution in [1.29, 1.82) is 0 Å². The summed E-state index contributed by atoms with van der Waals surface area (Å²) in [5.41, 5.74) is 2.89. The Balaban J connectivity index is 2.16. The maximum absolute atomic E-state index is 13.7. The number of hydrogen-bond donors (Lipinski definition) is 1. The predicted octanol–water partition coefficient (Wildman–Crippen LogP) is 4.15. The van der Waals surface area contributed by atoms with E-state index in [1.807, 2.05) is 33.8 Å². The monoisotopic (exact) mass is 329 g/mol. The minimum atomic E-state index is -0.312. The van der Waals surface area contributed by atoms with Gasteiger partial charge in [0.15, 0.2) is 0 Å². The van der Waals surface area contributed by atoms with Crippen LogP contribution in [0, 0.1) is 5.82 Å². The number of rotatable bonds is 5. The lowest BCUT2D eigenvalue weighted by Gasteiger charge is -2.13. The van der Waals surface area contributed by atoms with Crippen LogP contribution in [-0.4, -0.2) is 21.7 Å². The second kappa shape index (κ2) is 6.38. The van der Waals surface area contributed by atoms with E-state index in [4.69, 9.17) is 0 Å². The molecule has 1 fully saturated rings. The Bertz CT molecular complexity index is 760. The molecule has 128 valence electrons. The summed E-state index contributed by atoms with van der Waals surface area (Å²) in [6, 6.07) is 6.62. The summed E-state index contributed by atoms with van der Waals surface area (Å²) < 4.78 is 15.4. The number of carbonyl (C=O) groups is 1. The number of nitrogens with one attached hydrogen (secondary N) is 1. The number of carbonyl (C=O) groups excluding carboxylic acids is 1. The zero-order valence-electron chi connectivity index (χ0n) is 14.6. The number of benzene rings is 1. The SMILES string of the molecule is CC(C)c1nn(-c2cccc(F)c2)c(C(C)C)c1C(=O)NC1CC1. The van der Waals surface area contributed by atoms with Gasteiger partial charge >= 0.3 is 0 Å². The van der Waals surface area contributed by atoms with Crippen LogP contribution in [0.2, 0.25) is 0 Å². The van der Waals surface area contributed by atoms with E-state index in [9.17, 15) is 9.18 Å². The Labute approximate surface area is 142 Å². The number of aromatic nitrogens is 2. The summed E-state index contributed by atoms with van der Waals surface area (Å²) in [7, 11) is 0. The van der Waals surface area contributed by atoms with Crippen molar-refractivity contribution in [3.05, 3.63) is 47.0 Å². The molecule has 1 aromatic carbocycles. The van der Waals surface area contributed by atoms with Crippen LogP contribution in [0.1, 0.15) is 74.1 Å². The molecule has 5 heteroatoms. The fraction of sp³-hybridized carbons (Fsp3) is 0.474. The van der Waals surface area contributed by atoms with Crippen molar-refractivity contribution in [2.75, 3.05) is 0 Å². The Morgan fingerprint density at radius 1 is 1.25 bits per heavy atom. The van der Waals surface area contributed by atoms with Crippen LogP contribution < -0.4 is 5.32 Å². The number of hydrogen-bond acceptors (Lipinski definition) is 2. The van der Waals surface area contributed by atoms with Crippen LogP contribution in [0.4, 0.5) is 4.39 Å². The van der Waals surface area contributed by atoms with Crippen molar-refractivity contribution in [2.45, 2.75) is 58.4 Å². The highest BCUT2D eigenvalue weighted by Gasteiger charge is 2.31. The molecule has 0 bridgehead atoms. The molecule has 1 N–H and O–H groups in total. The Hall–Kier alpha value is -2.17. The maximum Gasteiger partial charge on any atom is 0.255 e. The molecule has 24 heavy (non-hydrogen) atoms. The molecular weight excluding hydrogens is 305 g/mol. The zero-order chi connectivity index (χ0) is 17.4. The Kier molecular flexibility index (Phi) is 4.43. The van der Waals surface area contributed by atoms with Crippen LogP contribution >= 0.6 is 0 Å². The van der Waals surface area contributed by atoms with Gasteiger partial charge in [0.2, 0.25) is 0 Å². The number of halogens is 1. The highest BCUT2D eigenvalue weighted by Crippen LogP contribution is 2.31. The standard InChI is InChI=1S/C19H24FN3O/c1-11(2)17-16(19(24)21-14-8-9-14)18(12(3)4)23(22-17)15-7-5-6-13(20)10-15/h5-7,10-12,14H,8-9H2,1-4H3,(H,21,24). The van der Waals surface area contributed by atoms with Gasteiger partial charge in [-0.15, -0.1) is 0 Å². The molecule has 0 radical (unpaired) electrons. The fourth-order valence-electron chi connectivity index (χ4n) is 2.91. The van der Waals surface area contributed by atoms with Crippen molar-refractivity contribution in [3.63, 3.8) is 0 Å². The zero-order valence-corrected chi connectivity index (χ0v) is 14.6. The summed E-state index contributed by atoms with van der Waals surface area (Å²) in [6.07, 6.45) is 2.08. The first-order chi connectivity index (χ1) is 11.4. The molecule has 1 heterocycles. The van der Waals surface area contributed by atoms with Gasteiger partial charge in [0.25, 0.3) is 5.91 Å². The van der Waals surface area contributed by atoms with Crippen LogP contribution in [0.25, 0.3) is 5.69 Å². The van der Waals surface area contributed by atoms with Gasteiger partial charge in [0.1, 0.15) is 5.82 Å². The summed E-state index contributed by atoms with van der Waals surface area (Å²) in [6.45, 7) is 8.11. The van der Waals surface area contributed by atoms with Gasteiger partial charge in [-0.2, -0.15) is 5.10 Å². The second-order valence-corrected chi connectivity index (χ2v) is 7.09. The van der Waals surface area contributed by atoms with Gasteiger partial charge in [-0.3, -0.25) is 4.79 Å². The molecule has 1 amide bonds. The first-order valence-corrected chi connectivity index (χ1v) is 8.58. The minimum Gasteiger partial charge on any atom is -0.349 e. The van der Waals surface area contributed by atoms with Crippen LogP contribution in [0.5, 0.6) is 0 Å². The minimum absolute atomic E-state index is 0.0625. The first kappa shape index (κ1) is 16.7. The van der Waals surface area contributed by atoms with Crippen molar-refractivity contribution in [2.24, 2.45) is 0 Å². The third-order valence-corrected chi connectivity index (χ3v) is 4.23. The van der Waals surface area contributed by atoms with Gasteiger partial charge < -0.3 is 5.32 Å². The normalized spacial score (nSPS) is 14.5. The van der Waals surface area contributed by atoms with E-state index in [1.54, 1.807) is 10.7 Å². The van der Waals surface area contributed by atoms with Crippen LogP contribution in [-0.2, 0) is 0 Å². The van der Waals surface area contributed by atoms with Crippen molar-refractivity contribution < 1.29 is 9.18 Å². The van der Waals surface area contributed by atoms with Crippen molar-refractivity contribution in [1.82, 2.24) is 15.1 Å². The molecule has 3 rings (SSSR count). The fourth-order valence-corrected chi connectivity index (χ4v) is 2.91. The van der Waals surface area contributed by atoms with Crippen LogP contribution in [0.3, 0.4) is 0 Å². The second-order valence-electron chi connectivity index (χ2n) is 7.09. The molecule has 0 atom stereocenters. The molecule has 4 nitrogen and oxygen atoms in total. The molecular formula is C19H24FN3O. The summed E-state index contributed by atoms with van der Waals surface area (Å²) >= 11 is 0. The van der Waals surface area contributed by atoms with Gasteiger partial charge in [-0.05, 0) is 42.9 Å². The van der Waals surface area contributed by atoms with Gasteiger partial charge in [0.05, 0.1) is 22.6 Å². The summed E-state index contributed by atoms with van der Waals surface area (Å²) in [5.74, 6) is -0.175. The Morgan fingerprint density at radius 3 is 2.50 bits per heavy atom. The largest absolute Gasteiger partial charge is 0.349 e. The summed E-state index contributed by atoms with van der Waals surface area (Å²) in [5, 5.41) is 7.75. The Morgan fingerprint density at radius 2 is 1.96 bits per heavy atom. The third kappa shape index (κ3) is 3.21. The molecule has 0 spiro atoms. The molecule has 0 saturated heterocycles. The first-order valence-electron chi connectivity index (χ1n) is 8.58. The van der Waals surface area contributed by atoms with E-state index in [-0.39, 0.29) is 29.6 Å². The summed E-state index contributed by atoms with van der Waals surface area (Å²) in [4.78, 5) is 12.8. The topological polar surface area (TPSA) is 46.9 Å². The highest BCUT2D eigenvalue weighted by atomic mass is 19.1. The van der Waals surface area contributed by atoms with E-state index in [0.717, 1.165) is 24.2 Å². The molecule has 1 aromatic heterocycles.